The Kier molecular flexibility index (Phi) is 3.81. The van der Waals surface area contributed by atoms with E-state index < -0.39 is 0 Å². The van der Waals surface area contributed by atoms with Gasteiger partial charge in [-0.05, 0) is 24.1 Å². The highest BCUT2D eigenvalue weighted by Gasteiger charge is 2.35. The van der Waals surface area contributed by atoms with Gasteiger partial charge in [-0.15, -0.1) is 0 Å². The lowest BCUT2D eigenvalue weighted by atomic mass is 9.88. The second-order valence-corrected chi connectivity index (χ2v) is 5.60. The molecule has 1 aliphatic rings. The molecule has 0 radical (unpaired) electrons. The molecular formula is C17H21N3. The van der Waals surface area contributed by atoms with Crippen LogP contribution >= 0.6 is 0 Å². The van der Waals surface area contributed by atoms with Gasteiger partial charge >= 0.3 is 0 Å². The van der Waals surface area contributed by atoms with Gasteiger partial charge in [-0.25, -0.2) is 0 Å². The lowest BCUT2D eigenvalue weighted by molar-refractivity contribution is 0.0649. The Bertz CT molecular complexity index is 541. The van der Waals surface area contributed by atoms with E-state index in [1.54, 1.807) is 0 Å². The number of benzene rings is 1. The monoisotopic (exact) mass is 267 g/mol. The molecule has 0 amide bonds. The number of hydrogen-bond acceptors (Lipinski definition) is 3. The number of nitrogens with zero attached hydrogens (tertiary/aromatic N) is 2. The maximum atomic E-state index is 4.23. The van der Waals surface area contributed by atoms with Crippen LogP contribution in [0.5, 0.6) is 0 Å². The lowest BCUT2D eigenvalue weighted by Crippen LogP contribution is -2.56. The number of pyridine rings is 1. The van der Waals surface area contributed by atoms with Crippen molar-refractivity contribution in [2.75, 3.05) is 19.6 Å². The second kappa shape index (κ2) is 5.73. The Morgan fingerprint density at radius 1 is 1.20 bits per heavy atom. The summed E-state index contributed by atoms with van der Waals surface area (Å²) in [5.41, 5.74) is 2.68. The van der Waals surface area contributed by atoms with E-state index in [0.29, 0.717) is 0 Å². The smallest absolute Gasteiger partial charge is 0.0561 e. The second-order valence-electron chi connectivity index (χ2n) is 5.60. The first-order chi connectivity index (χ1) is 9.79. The Morgan fingerprint density at radius 2 is 2.05 bits per heavy atom. The van der Waals surface area contributed by atoms with Crippen LogP contribution in [-0.4, -0.2) is 29.5 Å². The highest BCUT2D eigenvalue weighted by molar-refractivity contribution is 5.25. The van der Waals surface area contributed by atoms with Gasteiger partial charge in [0.1, 0.15) is 0 Å². The van der Waals surface area contributed by atoms with Gasteiger partial charge in [0.25, 0.3) is 0 Å². The van der Waals surface area contributed by atoms with E-state index >= 15 is 0 Å². The molecule has 2 aromatic rings. The van der Waals surface area contributed by atoms with E-state index in [2.05, 4.69) is 58.5 Å². The van der Waals surface area contributed by atoms with Crippen molar-refractivity contribution in [1.29, 1.82) is 0 Å². The minimum absolute atomic E-state index is 0.0371. The molecule has 2 heterocycles. The summed E-state index contributed by atoms with van der Waals surface area (Å²) >= 11 is 0. The Hall–Kier alpha value is -1.71. The fourth-order valence-corrected chi connectivity index (χ4v) is 2.95. The summed E-state index contributed by atoms with van der Waals surface area (Å²) < 4.78 is 0. The molecule has 0 bridgehead atoms. The van der Waals surface area contributed by atoms with Gasteiger partial charge in [0.05, 0.1) is 5.54 Å². The molecule has 3 heteroatoms. The first-order valence-corrected chi connectivity index (χ1v) is 7.19. The normalized spacial score (nSPS) is 23.6. The number of rotatable bonds is 3. The van der Waals surface area contributed by atoms with Gasteiger partial charge in [-0.3, -0.25) is 9.88 Å². The summed E-state index contributed by atoms with van der Waals surface area (Å²) in [4.78, 5) is 6.78. The zero-order valence-electron chi connectivity index (χ0n) is 11.9. The molecule has 20 heavy (non-hydrogen) atoms. The lowest BCUT2D eigenvalue weighted by Gasteiger charge is -2.45. The maximum absolute atomic E-state index is 4.23. The molecule has 0 spiro atoms. The Labute approximate surface area is 120 Å². The Morgan fingerprint density at radius 3 is 2.80 bits per heavy atom. The van der Waals surface area contributed by atoms with Gasteiger partial charge < -0.3 is 5.32 Å². The molecule has 3 rings (SSSR count). The maximum Gasteiger partial charge on any atom is 0.0561 e. The summed E-state index contributed by atoms with van der Waals surface area (Å²) in [6.45, 7) is 6.35. The predicted octanol–water partition coefficient (Wildman–Crippen LogP) is 2.40. The topological polar surface area (TPSA) is 28.2 Å². The first-order valence-electron chi connectivity index (χ1n) is 7.19. The fraction of sp³-hybridized carbons (Fsp3) is 0.353. The van der Waals surface area contributed by atoms with E-state index in [9.17, 15) is 0 Å². The van der Waals surface area contributed by atoms with Crippen molar-refractivity contribution in [2.24, 2.45) is 0 Å². The van der Waals surface area contributed by atoms with Crippen LogP contribution in [0.2, 0.25) is 0 Å². The van der Waals surface area contributed by atoms with Gasteiger partial charge in [0.2, 0.25) is 0 Å². The quantitative estimate of drug-likeness (QED) is 0.925. The van der Waals surface area contributed by atoms with Gasteiger partial charge in [0.15, 0.2) is 0 Å². The summed E-state index contributed by atoms with van der Waals surface area (Å²) in [6.07, 6.45) is 3.80. The summed E-state index contributed by atoms with van der Waals surface area (Å²) in [7, 11) is 0. The highest BCUT2D eigenvalue weighted by atomic mass is 15.3. The molecule has 0 saturated carbocycles. The zero-order chi connectivity index (χ0) is 13.8. The van der Waals surface area contributed by atoms with E-state index in [4.69, 9.17) is 0 Å². The van der Waals surface area contributed by atoms with Crippen molar-refractivity contribution in [2.45, 2.75) is 19.0 Å². The third kappa shape index (κ3) is 2.60. The fourth-order valence-electron chi connectivity index (χ4n) is 2.95. The molecule has 3 nitrogen and oxygen atoms in total. The molecule has 1 aromatic heterocycles. The average molecular weight is 267 g/mol. The van der Waals surface area contributed by atoms with Crippen molar-refractivity contribution < 1.29 is 0 Å². The van der Waals surface area contributed by atoms with Gasteiger partial charge in [-0.2, -0.15) is 0 Å². The molecule has 1 unspecified atom stereocenters. The number of hydrogen-bond donors (Lipinski definition) is 1. The first kappa shape index (κ1) is 13.3. The number of aromatic nitrogens is 1. The van der Waals surface area contributed by atoms with Crippen molar-refractivity contribution in [3.63, 3.8) is 0 Å². The van der Waals surface area contributed by atoms with Crippen LogP contribution in [0.1, 0.15) is 18.1 Å². The molecule has 1 N–H and O–H groups in total. The van der Waals surface area contributed by atoms with Crippen LogP contribution in [0, 0.1) is 0 Å². The molecule has 1 atom stereocenters. The third-order valence-corrected chi connectivity index (χ3v) is 4.22. The molecule has 1 saturated heterocycles. The zero-order valence-corrected chi connectivity index (χ0v) is 11.9. The van der Waals surface area contributed by atoms with Crippen LogP contribution < -0.4 is 5.32 Å². The minimum atomic E-state index is 0.0371. The molecule has 1 fully saturated rings. The average Bonchev–Trinajstić information content (AvgIpc) is 2.52. The Balaban J connectivity index is 1.87. The van der Waals surface area contributed by atoms with Crippen molar-refractivity contribution in [1.82, 2.24) is 15.2 Å². The highest BCUT2D eigenvalue weighted by Crippen LogP contribution is 2.30. The number of piperazine rings is 1. The number of nitrogens with one attached hydrogen (secondary N) is 1. The molecule has 104 valence electrons. The van der Waals surface area contributed by atoms with Crippen LogP contribution in [0.15, 0.2) is 54.9 Å². The van der Waals surface area contributed by atoms with Crippen molar-refractivity contribution in [3.8, 4) is 0 Å². The van der Waals surface area contributed by atoms with Gasteiger partial charge in [-0.1, -0.05) is 36.4 Å². The third-order valence-electron chi connectivity index (χ3n) is 4.22. The van der Waals surface area contributed by atoms with Crippen molar-refractivity contribution >= 4 is 0 Å². The molecule has 0 aliphatic carbocycles. The van der Waals surface area contributed by atoms with E-state index in [1.165, 1.54) is 11.1 Å². The minimum Gasteiger partial charge on any atom is -0.313 e. The molecule has 1 aromatic carbocycles. The van der Waals surface area contributed by atoms with Crippen LogP contribution in [0.3, 0.4) is 0 Å². The molecular weight excluding hydrogens is 246 g/mol. The van der Waals surface area contributed by atoms with E-state index in [0.717, 1.165) is 26.2 Å². The SMILES string of the molecule is CC1(c2ccccc2)CNCCN1Cc1cccnc1. The summed E-state index contributed by atoms with van der Waals surface area (Å²) in [6, 6.07) is 14.9. The van der Waals surface area contributed by atoms with Gasteiger partial charge in [0, 0.05) is 38.6 Å². The van der Waals surface area contributed by atoms with Crippen molar-refractivity contribution in [3.05, 3.63) is 66.0 Å². The summed E-state index contributed by atoms with van der Waals surface area (Å²) in [5, 5.41) is 3.53. The largest absolute Gasteiger partial charge is 0.313 e. The van der Waals surface area contributed by atoms with E-state index in [-0.39, 0.29) is 5.54 Å². The standard InChI is InChI=1S/C17H21N3/c1-17(16-7-3-2-4-8-16)14-19-10-11-20(17)13-15-6-5-9-18-12-15/h2-9,12,19H,10-11,13-14H2,1H3. The summed E-state index contributed by atoms with van der Waals surface area (Å²) in [5.74, 6) is 0. The predicted molar refractivity (Wildman–Crippen MR) is 81.3 cm³/mol. The van der Waals surface area contributed by atoms with Crippen LogP contribution in [0.4, 0.5) is 0 Å². The van der Waals surface area contributed by atoms with E-state index in [1.807, 2.05) is 18.5 Å². The van der Waals surface area contributed by atoms with Crippen LogP contribution in [-0.2, 0) is 12.1 Å². The van der Waals surface area contributed by atoms with Crippen LogP contribution in [0.25, 0.3) is 0 Å². The molecule has 1 aliphatic heterocycles.